The van der Waals surface area contributed by atoms with Gasteiger partial charge in [0.1, 0.15) is 0 Å². The molecule has 0 atom stereocenters. The molecule has 0 saturated heterocycles. The molecule has 0 aromatic heterocycles. The molecule has 0 heterocycles. The van der Waals surface area contributed by atoms with Crippen molar-refractivity contribution in [3.05, 3.63) is 0 Å². The molecule has 90 valence electrons. The van der Waals surface area contributed by atoms with E-state index in [1.165, 1.54) is 25.7 Å². The van der Waals surface area contributed by atoms with E-state index in [-0.39, 0.29) is 0 Å². The van der Waals surface area contributed by atoms with Crippen LogP contribution in [0.15, 0.2) is 0 Å². The van der Waals surface area contributed by atoms with E-state index in [2.05, 4.69) is 19.2 Å². The largest absolute Gasteiger partial charge is 0.385 e. The van der Waals surface area contributed by atoms with E-state index in [1.54, 1.807) is 7.11 Å². The van der Waals surface area contributed by atoms with Crippen LogP contribution in [0.2, 0.25) is 0 Å². The lowest BCUT2D eigenvalue weighted by Crippen LogP contribution is -2.35. The van der Waals surface area contributed by atoms with Gasteiger partial charge in [-0.15, -0.1) is 0 Å². The molecule has 0 unspecified atom stereocenters. The minimum Gasteiger partial charge on any atom is -0.385 e. The van der Waals surface area contributed by atoms with Crippen LogP contribution >= 0.6 is 0 Å². The van der Waals surface area contributed by atoms with Crippen LogP contribution in [0.4, 0.5) is 0 Å². The summed E-state index contributed by atoms with van der Waals surface area (Å²) >= 11 is 0. The zero-order chi connectivity index (χ0) is 11.1. The highest BCUT2D eigenvalue weighted by atomic mass is 16.5. The summed E-state index contributed by atoms with van der Waals surface area (Å²) in [7, 11) is 1.77. The molecule has 2 heteroatoms. The Balaban J connectivity index is 2.04. The summed E-state index contributed by atoms with van der Waals surface area (Å²) in [4.78, 5) is 0. The second-order valence-electron chi connectivity index (χ2n) is 5.16. The summed E-state index contributed by atoms with van der Waals surface area (Å²) in [5.41, 5.74) is 0. The first-order chi connectivity index (χ1) is 7.24. The van der Waals surface area contributed by atoms with Gasteiger partial charge in [0.05, 0.1) is 0 Å². The molecule has 0 radical (unpaired) electrons. The standard InChI is InChI=1S/C13H27NO/c1-11(2)12-5-7-13(8-6-12)14-9-4-10-15-3/h11-14H,4-10H2,1-3H3. The van der Waals surface area contributed by atoms with Gasteiger partial charge in [0.25, 0.3) is 0 Å². The topological polar surface area (TPSA) is 21.3 Å². The first-order valence-corrected chi connectivity index (χ1v) is 6.46. The van der Waals surface area contributed by atoms with Crippen LogP contribution in [0.5, 0.6) is 0 Å². The Morgan fingerprint density at radius 2 is 1.87 bits per heavy atom. The fraction of sp³-hybridized carbons (Fsp3) is 1.00. The molecule has 15 heavy (non-hydrogen) atoms. The maximum absolute atomic E-state index is 5.04. The Morgan fingerprint density at radius 1 is 1.20 bits per heavy atom. The minimum absolute atomic E-state index is 0.775. The number of hydrogen-bond acceptors (Lipinski definition) is 2. The van der Waals surface area contributed by atoms with Crippen molar-refractivity contribution in [2.75, 3.05) is 20.3 Å². The predicted octanol–water partition coefficient (Wildman–Crippen LogP) is 2.83. The van der Waals surface area contributed by atoms with Crippen molar-refractivity contribution in [2.45, 2.75) is 52.0 Å². The molecule has 2 nitrogen and oxygen atoms in total. The number of methoxy groups -OCH3 is 1. The number of hydrogen-bond donors (Lipinski definition) is 1. The summed E-state index contributed by atoms with van der Waals surface area (Å²) in [6.45, 7) is 6.72. The quantitative estimate of drug-likeness (QED) is 0.685. The van der Waals surface area contributed by atoms with E-state index in [0.29, 0.717) is 0 Å². The first kappa shape index (κ1) is 13.0. The lowest BCUT2D eigenvalue weighted by atomic mass is 9.80. The van der Waals surface area contributed by atoms with Crippen LogP contribution in [0, 0.1) is 11.8 Å². The third-order valence-corrected chi connectivity index (χ3v) is 3.67. The molecule has 0 aromatic carbocycles. The van der Waals surface area contributed by atoms with Crippen LogP contribution in [0.3, 0.4) is 0 Å². The molecule has 0 amide bonds. The fourth-order valence-electron chi connectivity index (χ4n) is 2.51. The average Bonchev–Trinajstić information content (AvgIpc) is 2.25. The van der Waals surface area contributed by atoms with Gasteiger partial charge in [-0.3, -0.25) is 0 Å². The SMILES string of the molecule is COCCCNC1CCC(C(C)C)CC1. The Morgan fingerprint density at radius 3 is 2.40 bits per heavy atom. The molecule has 1 aliphatic rings. The lowest BCUT2D eigenvalue weighted by Gasteiger charge is -2.31. The number of nitrogens with one attached hydrogen (secondary N) is 1. The van der Waals surface area contributed by atoms with Crippen molar-refractivity contribution in [1.82, 2.24) is 5.32 Å². The molecular formula is C13H27NO. The Hall–Kier alpha value is -0.0800. The number of rotatable bonds is 6. The minimum atomic E-state index is 0.775. The molecule has 0 bridgehead atoms. The third kappa shape index (κ3) is 4.98. The van der Waals surface area contributed by atoms with Gasteiger partial charge in [0.15, 0.2) is 0 Å². The van der Waals surface area contributed by atoms with E-state index in [9.17, 15) is 0 Å². The van der Waals surface area contributed by atoms with E-state index in [4.69, 9.17) is 4.74 Å². The van der Waals surface area contributed by atoms with E-state index in [1.807, 2.05) is 0 Å². The fourth-order valence-corrected chi connectivity index (χ4v) is 2.51. The van der Waals surface area contributed by atoms with Crippen molar-refractivity contribution < 1.29 is 4.74 Å². The molecule has 0 aliphatic heterocycles. The highest BCUT2D eigenvalue weighted by Gasteiger charge is 2.22. The Labute approximate surface area is 94.8 Å². The Kier molecular flexibility index (Phi) is 6.26. The normalized spacial score (nSPS) is 27.2. The van der Waals surface area contributed by atoms with Gasteiger partial charge in [-0.2, -0.15) is 0 Å². The van der Waals surface area contributed by atoms with Crippen molar-refractivity contribution >= 4 is 0 Å². The molecule has 0 aromatic rings. The van der Waals surface area contributed by atoms with Gasteiger partial charge in [0.2, 0.25) is 0 Å². The predicted molar refractivity (Wildman–Crippen MR) is 65.1 cm³/mol. The van der Waals surface area contributed by atoms with E-state index in [0.717, 1.165) is 37.5 Å². The second-order valence-corrected chi connectivity index (χ2v) is 5.16. The van der Waals surface area contributed by atoms with Crippen molar-refractivity contribution in [3.8, 4) is 0 Å². The van der Waals surface area contributed by atoms with Crippen LogP contribution in [0.25, 0.3) is 0 Å². The van der Waals surface area contributed by atoms with Gasteiger partial charge in [0, 0.05) is 19.8 Å². The average molecular weight is 213 g/mol. The zero-order valence-electron chi connectivity index (χ0n) is 10.6. The van der Waals surface area contributed by atoms with Crippen molar-refractivity contribution in [2.24, 2.45) is 11.8 Å². The van der Waals surface area contributed by atoms with Gasteiger partial charge in [-0.25, -0.2) is 0 Å². The maximum Gasteiger partial charge on any atom is 0.0474 e. The second kappa shape index (κ2) is 7.24. The highest BCUT2D eigenvalue weighted by Crippen LogP contribution is 2.29. The lowest BCUT2D eigenvalue weighted by molar-refractivity contribution is 0.188. The molecule has 1 saturated carbocycles. The number of ether oxygens (including phenoxy) is 1. The van der Waals surface area contributed by atoms with Crippen molar-refractivity contribution in [1.29, 1.82) is 0 Å². The molecule has 1 fully saturated rings. The van der Waals surface area contributed by atoms with Gasteiger partial charge < -0.3 is 10.1 Å². The van der Waals surface area contributed by atoms with Crippen LogP contribution in [-0.4, -0.2) is 26.3 Å². The van der Waals surface area contributed by atoms with Gasteiger partial charge in [-0.05, 0) is 50.5 Å². The molecule has 1 aliphatic carbocycles. The molecule has 1 N–H and O–H groups in total. The summed E-state index contributed by atoms with van der Waals surface area (Å²) in [5, 5.41) is 3.64. The summed E-state index contributed by atoms with van der Waals surface area (Å²) in [6.07, 6.45) is 6.71. The monoisotopic (exact) mass is 213 g/mol. The maximum atomic E-state index is 5.04. The smallest absolute Gasteiger partial charge is 0.0474 e. The first-order valence-electron chi connectivity index (χ1n) is 6.46. The van der Waals surface area contributed by atoms with Crippen LogP contribution in [-0.2, 0) is 4.74 Å². The van der Waals surface area contributed by atoms with Crippen molar-refractivity contribution in [3.63, 3.8) is 0 Å². The third-order valence-electron chi connectivity index (χ3n) is 3.67. The Bertz CT molecular complexity index is 151. The van der Waals surface area contributed by atoms with E-state index < -0.39 is 0 Å². The van der Waals surface area contributed by atoms with Crippen LogP contribution < -0.4 is 5.32 Å². The van der Waals surface area contributed by atoms with Gasteiger partial charge in [-0.1, -0.05) is 13.8 Å². The zero-order valence-corrected chi connectivity index (χ0v) is 10.6. The van der Waals surface area contributed by atoms with Gasteiger partial charge >= 0.3 is 0 Å². The van der Waals surface area contributed by atoms with Crippen LogP contribution in [0.1, 0.15) is 46.0 Å². The summed E-state index contributed by atoms with van der Waals surface area (Å²) in [5.74, 6) is 1.85. The summed E-state index contributed by atoms with van der Waals surface area (Å²) < 4.78 is 5.04. The molecular weight excluding hydrogens is 186 g/mol. The molecule has 1 rings (SSSR count). The molecule has 0 spiro atoms. The highest BCUT2D eigenvalue weighted by molar-refractivity contribution is 4.78. The van der Waals surface area contributed by atoms with E-state index >= 15 is 0 Å². The summed E-state index contributed by atoms with van der Waals surface area (Å²) in [6, 6.07) is 0.775.